The number of hydrogen-bond acceptors (Lipinski definition) is 4. The number of halogens is 2. The van der Waals surface area contributed by atoms with E-state index in [-0.39, 0.29) is 18.3 Å². The van der Waals surface area contributed by atoms with Crippen LogP contribution in [0.2, 0.25) is 10.0 Å². The van der Waals surface area contributed by atoms with Gasteiger partial charge in [-0.25, -0.2) is 0 Å². The number of ether oxygens (including phenoxy) is 1. The highest BCUT2D eigenvalue weighted by Crippen LogP contribution is 2.25. The summed E-state index contributed by atoms with van der Waals surface area (Å²) >= 11 is 12.3. The largest absolute Gasteiger partial charge is 0.486 e. The second-order valence-electron chi connectivity index (χ2n) is 7.76. The van der Waals surface area contributed by atoms with Crippen molar-refractivity contribution >= 4 is 34.8 Å². The molecule has 8 heteroatoms. The average molecular weight is 484 g/mol. The Bertz CT molecular complexity index is 1310. The van der Waals surface area contributed by atoms with Crippen molar-refractivity contribution in [2.24, 2.45) is 0 Å². The molecule has 0 bridgehead atoms. The van der Waals surface area contributed by atoms with Crippen LogP contribution in [0.1, 0.15) is 38.8 Å². The van der Waals surface area contributed by atoms with E-state index in [0.717, 1.165) is 22.6 Å². The Labute approximate surface area is 202 Å². The third kappa shape index (κ3) is 5.41. The van der Waals surface area contributed by atoms with E-state index in [1.54, 1.807) is 28.9 Å². The summed E-state index contributed by atoms with van der Waals surface area (Å²) in [5, 5.41) is 8.60. The van der Waals surface area contributed by atoms with Gasteiger partial charge in [-0.3, -0.25) is 9.48 Å². The van der Waals surface area contributed by atoms with Gasteiger partial charge in [0.25, 0.3) is 5.91 Å². The number of aryl methyl sites for hydroxylation is 2. The quantitative estimate of drug-likeness (QED) is 0.321. The van der Waals surface area contributed by atoms with Crippen LogP contribution in [0.4, 0.5) is 5.69 Å². The van der Waals surface area contributed by atoms with Crippen LogP contribution in [0.25, 0.3) is 0 Å². The first-order valence-corrected chi connectivity index (χ1v) is 11.1. The van der Waals surface area contributed by atoms with E-state index in [1.165, 1.54) is 0 Å². The number of carbonyl (C=O) groups excluding carboxylic acids is 1. The molecule has 1 N–H and O–H groups in total. The zero-order chi connectivity index (χ0) is 23.5. The van der Waals surface area contributed by atoms with E-state index in [2.05, 4.69) is 10.4 Å². The van der Waals surface area contributed by atoms with Crippen LogP contribution in [0.3, 0.4) is 0 Å². The number of benzene rings is 2. The van der Waals surface area contributed by atoms with Crippen LogP contribution < -0.4 is 10.1 Å². The number of furan rings is 1. The van der Waals surface area contributed by atoms with Crippen LogP contribution in [0.15, 0.2) is 59.0 Å². The zero-order valence-electron chi connectivity index (χ0n) is 18.5. The first-order valence-electron chi connectivity index (χ1n) is 10.4. The van der Waals surface area contributed by atoms with E-state index < -0.39 is 0 Å². The molecule has 0 aliphatic carbocycles. The van der Waals surface area contributed by atoms with Crippen LogP contribution in [-0.4, -0.2) is 15.7 Å². The average Bonchev–Trinajstić information content (AvgIpc) is 3.35. The third-order valence-corrected chi connectivity index (χ3v) is 5.80. The van der Waals surface area contributed by atoms with Gasteiger partial charge in [-0.05, 0) is 68.3 Å². The van der Waals surface area contributed by atoms with Gasteiger partial charge in [0.15, 0.2) is 5.76 Å². The molecule has 4 rings (SSSR count). The third-order valence-electron chi connectivity index (χ3n) is 5.21. The molecule has 0 fully saturated rings. The van der Waals surface area contributed by atoms with Gasteiger partial charge in [0, 0.05) is 10.0 Å². The Morgan fingerprint density at radius 1 is 1.09 bits per heavy atom. The highest BCUT2D eigenvalue weighted by molar-refractivity contribution is 6.35. The molecule has 2 aromatic carbocycles. The van der Waals surface area contributed by atoms with Crippen LogP contribution in [0, 0.1) is 20.8 Å². The van der Waals surface area contributed by atoms with Crippen molar-refractivity contribution in [1.82, 2.24) is 9.78 Å². The molecule has 33 heavy (non-hydrogen) atoms. The molecule has 0 atom stereocenters. The predicted molar refractivity (Wildman–Crippen MR) is 129 cm³/mol. The molecule has 2 aromatic heterocycles. The van der Waals surface area contributed by atoms with Gasteiger partial charge >= 0.3 is 0 Å². The van der Waals surface area contributed by atoms with Crippen molar-refractivity contribution in [3.63, 3.8) is 0 Å². The summed E-state index contributed by atoms with van der Waals surface area (Å²) in [4.78, 5) is 12.8. The molecule has 0 saturated heterocycles. The highest BCUT2D eigenvalue weighted by Gasteiger charge is 2.18. The van der Waals surface area contributed by atoms with Gasteiger partial charge in [-0.15, -0.1) is 0 Å². The molecule has 0 unspecified atom stereocenters. The van der Waals surface area contributed by atoms with Gasteiger partial charge < -0.3 is 14.5 Å². The summed E-state index contributed by atoms with van der Waals surface area (Å²) in [5.74, 6) is 1.15. The van der Waals surface area contributed by atoms with Gasteiger partial charge in [0.2, 0.25) is 0 Å². The highest BCUT2D eigenvalue weighted by atomic mass is 35.5. The van der Waals surface area contributed by atoms with Crippen molar-refractivity contribution < 1.29 is 13.9 Å². The summed E-state index contributed by atoms with van der Waals surface area (Å²) in [6, 6.07) is 16.5. The Hall–Kier alpha value is -3.22. The van der Waals surface area contributed by atoms with Crippen LogP contribution >= 0.6 is 23.2 Å². The fraction of sp³-hybridized carbons (Fsp3) is 0.200. The lowest BCUT2D eigenvalue weighted by Gasteiger charge is -2.08. The molecule has 6 nitrogen and oxygen atoms in total. The smallest absolute Gasteiger partial charge is 0.291 e. The van der Waals surface area contributed by atoms with Gasteiger partial charge in [-0.1, -0.05) is 41.4 Å². The van der Waals surface area contributed by atoms with Crippen molar-refractivity contribution in [1.29, 1.82) is 0 Å². The number of carbonyl (C=O) groups is 1. The Kier molecular flexibility index (Phi) is 6.77. The lowest BCUT2D eigenvalue weighted by atomic mass is 10.2. The Balaban J connectivity index is 1.43. The number of aromatic nitrogens is 2. The fourth-order valence-corrected chi connectivity index (χ4v) is 3.92. The minimum Gasteiger partial charge on any atom is -0.486 e. The molecule has 170 valence electrons. The van der Waals surface area contributed by atoms with Crippen LogP contribution in [0.5, 0.6) is 5.75 Å². The minimum atomic E-state index is -0.355. The minimum absolute atomic E-state index is 0.199. The number of amides is 1. The summed E-state index contributed by atoms with van der Waals surface area (Å²) in [6.07, 6.45) is 0. The molecule has 0 spiro atoms. The standard InChI is InChI=1S/C25H23Cl2N3O3/c1-15-5-4-6-20(11-15)32-14-21-9-10-23(33-21)25(31)28-24-16(2)29-30(17(24)3)13-18-7-8-19(26)12-22(18)27/h4-12H,13-14H2,1-3H3,(H,28,31). The first-order chi connectivity index (χ1) is 15.8. The van der Waals surface area contributed by atoms with Gasteiger partial charge in [-0.2, -0.15) is 5.10 Å². The van der Waals surface area contributed by atoms with Crippen molar-refractivity contribution in [3.8, 4) is 5.75 Å². The molecule has 0 radical (unpaired) electrons. The van der Waals surface area contributed by atoms with Gasteiger partial charge in [0.1, 0.15) is 18.1 Å². The number of nitrogens with one attached hydrogen (secondary N) is 1. The van der Waals surface area contributed by atoms with E-state index in [0.29, 0.717) is 33.7 Å². The fourth-order valence-electron chi connectivity index (χ4n) is 3.46. The van der Waals surface area contributed by atoms with Crippen molar-refractivity contribution in [2.45, 2.75) is 33.9 Å². The Morgan fingerprint density at radius 3 is 2.67 bits per heavy atom. The van der Waals surface area contributed by atoms with E-state index in [1.807, 2.05) is 51.1 Å². The second kappa shape index (κ2) is 9.73. The van der Waals surface area contributed by atoms with E-state index >= 15 is 0 Å². The summed E-state index contributed by atoms with van der Waals surface area (Å²) < 4.78 is 13.2. The predicted octanol–water partition coefficient (Wildman–Crippen LogP) is 6.59. The topological polar surface area (TPSA) is 69.3 Å². The summed E-state index contributed by atoms with van der Waals surface area (Å²) in [5.41, 5.74) is 4.13. The lowest BCUT2D eigenvalue weighted by molar-refractivity contribution is 0.0992. The van der Waals surface area contributed by atoms with E-state index in [4.69, 9.17) is 32.4 Å². The molecule has 0 aliphatic rings. The maximum atomic E-state index is 12.8. The summed E-state index contributed by atoms with van der Waals surface area (Å²) in [6.45, 7) is 6.42. The lowest BCUT2D eigenvalue weighted by Crippen LogP contribution is -2.12. The molecular formula is C25H23Cl2N3O3. The second-order valence-corrected chi connectivity index (χ2v) is 8.61. The number of anilines is 1. The first kappa shape index (κ1) is 23.0. The number of hydrogen-bond donors (Lipinski definition) is 1. The monoisotopic (exact) mass is 483 g/mol. The molecule has 4 aromatic rings. The maximum absolute atomic E-state index is 12.8. The SMILES string of the molecule is Cc1cccc(OCc2ccc(C(=O)Nc3c(C)nn(Cc4ccc(Cl)cc4Cl)c3C)o2)c1. The van der Waals surface area contributed by atoms with Gasteiger partial charge in [0.05, 0.1) is 23.6 Å². The molecular weight excluding hydrogens is 461 g/mol. The maximum Gasteiger partial charge on any atom is 0.291 e. The van der Waals surface area contributed by atoms with Crippen molar-refractivity contribution in [3.05, 3.63) is 98.7 Å². The van der Waals surface area contributed by atoms with E-state index in [9.17, 15) is 4.79 Å². The number of rotatable bonds is 7. The molecule has 0 aliphatic heterocycles. The molecule has 0 saturated carbocycles. The van der Waals surface area contributed by atoms with Crippen LogP contribution in [-0.2, 0) is 13.2 Å². The molecule has 2 heterocycles. The molecule has 1 amide bonds. The zero-order valence-corrected chi connectivity index (χ0v) is 20.0. The van der Waals surface area contributed by atoms with Crippen molar-refractivity contribution in [2.75, 3.05) is 5.32 Å². The normalized spacial score (nSPS) is 10.9. The summed E-state index contributed by atoms with van der Waals surface area (Å²) in [7, 11) is 0. The number of nitrogens with zero attached hydrogens (tertiary/aromatic N) is 2. The Morgan fingerprint density at radius 2 is 1.91 bits per heavy atom.